The van der Waals surface area contributed by atoms with E-state index in [2.05, 4.69) is 15.5 Å². The van der Waals surface area contributed by atoms with Crippen LogP contribution in [0.3, 0.4) is 0 Å². The summed E-state index contributed by atoms with van der Waals surface area (Å²) < 4.78 is 25.1. The number of ether oxygens (including phenoxy) is 2. The number of nitrogens with one attached hydrogen (secondary N) is 1. The number of nitrogens with zero attached hydrogens (tertiary/aromatic N) is 3. The van der Waals surface area contributed by atoms with E-state index in [9.17, 15) is 18.8 Å². The summed E-state index contributed by atoms with van der Waals surface area (Å²) in [4.78, 5) is 36.8. The van der Waals surface area contributed by atoms with Crippen molar-refractivity contribution in [3.63, 3.8) is 0 Å². The van der Waals surface area contributed by atoms with Gasteiger partial charge in [-0.15, -0.1) is 21.5 Å². The van der Waals surface area contributed by atoms with Crippen LogP contribution in [0.25, 0.3) is 5.69 Å². The summed E-state index contributed by atoms with van der Waals surface area (Å²) in [5.74, 6) is -1.76. The fourth-order valence-corrected chi connectivity index (χ4v) is 4.78. The lowest BCUT2D eigenvalue weighted by molar-refractivity contribution is -0.115. The molecule has 3 aromatic rings. The predicted molar refractivity (Wildman–Crippen MR) is 117 cm³/mol. The average Bonchev–Trinajstić information content (AvgIpc) is 3.37. The van der Waals surface area contributed by atoms with Gasteiger partial charge < -0.3 is 14.8 Å². The number of hydrogen-bond acceptors (Lipinski definition) is 9. The molecular formula is C20H19FN4O5S2. The van der Waals surface area contributed by atoms with E-state index in [0.717, 1.165) is 11.3 Å². The molecule has 0 saturated carbocycles. The molecule has 0 fully saturated rings. The molecule has 0 aliphatic rings. The third-order valence-electron chi connectivity index (χ3n) is 4.35. The summed E-state index contributed by atoms with van der Waals surface area (Å²) >= 11 is 2.17. The highest BCUT2D eigenvalue weighted by Gasteiger charge is 2.26. The number of amides is 1. The maximum atomic E-state index is 14.1. The van der Waals surface area contributed by atoms with Gasteiger partial charge in [0, 0.05) is 12.2 Å². The number of anilines is 1. The van der Waals surface area contributed by atoms with Crippen molar-refractivity contribution in [2.45, 2.75) is 18.5 Å². The molecule has 0 saturated heterocycles. The largest absolute Gasteiger partial charge is 0.465 e. The van der Waals surface area contributed by atoms with Gasteiger partial charge in [-0.1, -0.05) is 23.9 Å². The maximum Gasteiger partial charge on any atom is 0.348 e. The van der Waals surface area contributed by atoms with Gasteiger partial charge in [-0.3, -0.25) is 9.36 Å². The molecule has 1 N–H and O–H groups in total. The number of rotatable bonds is 8. The van der Waals surface area contributed by atoms with Crippen LogP contribution in [0.1, 0.15) is 32.0 Å². The van der Waals surface area contributed by atoms with Crippen LogP contribution < -0.4 is 5.32 Å². The SMILES string of the molecule is COC(=O)c1sc(NC(=O)CCSc2nncn2-c2ccccc2F)c(C(=O)OC)c1C. The lowest BCUT2D eigenvalue weighted by atomic mass is 10.1. The number of hydrogen-bond donors (Lipinski definition) is 1. The number of methoxy groups -OCH3 is 2. The van der Waals surface area contributed by atoms with Gasteiger partial charge in [-0.25, -0.2) is 14.0 Å². The quantitative estimate of drug-likeness (QED) is 0.387. The van der Waals surface area contributed by atoms with E-state index in [0.29, 0.717) is 22.2 Å². The molecule has 32 heavy (non-hydrogen) atoms. The minimum Gasteiger partial charge on any atom is -0.465 e. The zero-order chi connectivity index (χ0) is 23.3. The van der Waals surface area contributed by atoms with E-state index in [-0.39, 0.29) is 27.8 Å². The Balaban J connectivity index is 1.68. The van der Waals surface area contributed by atoms with Crippen LogP contribution in [0, 0.1) is 12.7 Å². The second-order valence-corrected chi connectivity index (χ2v) is 8.41. The monoisotopic (exact) mass is 478 g/mol. The molecule has 0 bridgehead atoms. The van der Waals surface area contributed by atoms with Crippen LogP contribution in [-0.4, -0.2) is 52.6 Å². The van der Waals surface area contributed by atoms with E-state index < -0.39 is 17.8 Å². The van der Waals surface area contributed by atoms with Crippen molar-refractivity contribution in [2.75, 3.05) is 25.3 Å². The van der Waals surface area contributed by atoms with Crippen molar-refractivity contribution in [3.8, 4) is 5.69 Å². The molecule has 1 aromatic carbocycles. The lowest BCUT2D eigenvalue weighted by Crippen LogP contribution is -2.14. The van der Waals surface area contributed by atoms with Crippen molar-refractivity contribution in [1.29, 1.82) is 0 Å². The third kappa shape index (κ3) is 4.97. The van der Waals surface area contributed by atoms with E-state index in [4.69, 9.17) is 9.47 Å². The summed E-state index contributed by atoms with van der Waals surface area (Å²) in [5, 5.41) is 11.1. The molecule has 0 aliphatic carbocycles. The Kier molecular flexibility index (Phi) is 7.59. The molecule has 0 spiro atoms. The van der Waals surface area contributed by atoms with Crippen LogP contribution in [0.2, 0.25) is 0 Å². The highest BCUT2D eigenvalue weighted by molar-refractivity contribution is 7.99. The Hall–Kier alpha value is -3.25. The lowest BCUT2D eigenvalue weighted by Gasteiger charge is -2.08. The smallest absolute Gasteiger partial charge is 0.348 e. The molecule has 0 unspecified atom stereocenters. The molecule has 0 atom stereocenters. The third-order valence-corrected chi connectivity index (χ3v) is 6.48. The molecule has 9 nitrogen and oxygen atoms in total. The molecular weight excluding hydrogens is 459 g/mol. The number of esters is 2. The fourth-order valence-electron chi connectivity index (χ4n) is 2.80. The summed E-state index contributed by atoms with van der Waals surface area (Å²) in [6.45, 7) is 1.58. The van der Waals surface area contributed by atoms with E-state index in [1.165, 1.54) is 42.9 Å². The highest BCUT2D eigenvalue weighted by Crippen LogP contribution is 2.34. The van der Waals surface area contributed by atoms with Gasteiger partial charge in [0.2, 0.25) is 5.91 Å². The van der Waals surface area contributed by atoms with E-state index >= 15 is 0 Å². The van der Waals surface area contributed by atoms with Crippen molar-refractivity contribution >= 4 is 45.9 Å². The van der Waals surface area contributed by atoms with Crippen LogP contribution in [0.5, 0.6) is 0 Å². The van der Waals surface area contributed by atoms with Gasteiger partial charge in [0.05, 0.1) is 25.5 Å². The number of carbonyl (C=O) groups excluding carboxylic acids is 3. The Morgan fingerprint density at radius 3 is 2.59 bits per heavy atom. The van der Waals surface area contributed by atoms with Gasteiger partial charge in [0.25, 0.3) is 0 Å². The predicted octanol–water partition coefficient (Wildman–Crippen LogP) is 3.47. The first-order chi connectivity index (χ1) is 15.4. The normalized spacial score (nSPS) is 10.6. The van der Waals surface area contributed by atoms with Gasteiger partial charge >= 0.3 is 11.9 Å². The van der Waals surface area contributed by atoms with Gasteiger partial charge in [-0.2, -0.15) is 0 Å². The van der Waals surface area contributed by atoms with E-state index in [1.807, 2.05) is 0 Å². The topological polar surface area (TPSA) is 112 Å². The Morgan fingerprint density at radius 2 is 1.91 bits per heavy atom. The fraction of sp³-hybridized carbons (Fsp3) is 0.250. The number of thioether (sulfide) groups is 1. The van der Waals surface area contributed by atoms with Gasteiger partial charge in [-0.05, 0) is 24.6 Å². The molecule has 0 aliphatic heterocycles. The Bertz CT molecular complexity index is 1160. The second-order valence-electron chi connectivity index (χ2n) is 6.33. The Labute approximate surface area is 190 Å². The van der Waals surface area contributed by atoms with Crippen molar-refractivity contribution in [3.05, 3.63) is 52.4 Å². The van der Waals surface area contributed by atoms with Gasteiger partial charge in [0.15, 0.2) is 5.16 Å². The molecule has 2 aromatic heterocycles. The Morgan fingerprint density at radius 1 is 1.19 bits per heavy atom. The second kappa shape index (κ2) is 10.4. The number of para-hydroxylation sites is 1. The molecule has 2 heterocycles. The summed E-state index contributed by atoms with van der Waals surface area (Å²) in [6, 6.07) is 6.22. The molecule has 3 rings (SSSR count). The summed E-state index contributed by atoms with van der Waals surface area (Å²) in [5.41, 5.74) is 0.783. The van der Waals surface area contributed by atoms with Crippen molar-refractivity contribution < 1.29 is 28.2 Å². The van der Waals surface area contributed by atoms with Crippen LogP contribution in [0.4, 0.5) is 9.39 Å². The first kappa shape index (κ1) is 23.4. The number of carbonyl (C=O) groups is 3. The number of halogens is 1. The van der Waals surface area contributed by atoms with Crippen LogP contribution >= 0.6 is 23.1 Å². The minimum atomic E-state index is -0.670. The number of aromatic nitrogens is 3. The van der Waals surface area contributed by atoms with Crippen LogP contribution in [0.15, 0.2) is 35.7 Å². The zero-order valence-electron chi connectivity index (χ0n) is 17.4. The van der Waals surface area contributed by atoms with Crippen molar-refractivity contribution in [2.24, 2.45) is 0 Å². The first-order valence-electron chi connectivity index (χ1n) is 9.25. The molecule has 1 amide bonds. The first-order valence-corrected chi connectivity index (χ1v) is 11.0. The minimum absolute atomic E-state index is 0.0694. The molecule has 168 valence electrons. The van der Waals surface area contributed by atoms with Crippen LogP contribution in [-0.2, 0) is 14.3 Å². The standard InChI is InChI=1S/C20H19FN4O5S2/c1-11-15(18(27)29-2)17(32-16(11)19(28)30-3)23-14(26)8-9-31-20-24-22-10-25(20)13-7-5-4-6-12(13)21/h4-7,10H,8-9H2,1-3H3,(H,23,26). The maximum absolute atomic E-state index is 14.1. The van der Waals surface area contributed by atoms with Gasteiger partial charge in [0.1, 0.15) is 22.0 Å². The zero-order valence-corrected chi connectivity index (χ0v) is 19.0. The summed E-state index contributed by atoms with van der Waals surface area (Å²) in [6.07, 6.45) is 1.46. The average molecular weight is 479 g/mol. The van der Waals surface area contributed by atoms with Crippen molar-refractivity contribution in [1.82, 2.24) is 14.8 Å². The number of thiophene rings is 1. The highest BCUT2D eigenvalue weighted by atomic mass is 32.2. The molecule has 12 heteroatoms. The number of benzene rings is 1. The van der Waals surface area contributed by atoms with E-state index in [1.54, 1.807) is 25.1 Å². The summed E-state index contributed by atoms with van der Waals surface area (Å²) in [7, 11) is 2.44. The molecule has 0 radical (unpaired) electrons.